The Labute approximate surface area is 108 Å². The molecule has 1 heterocycles. The third-order valence-corrected chi connectivity index (χ3v) is 3.54. The SMILES string of the molecule is CN(Cc1ccnc(C(=O)O)c1)CC1CCCC1. The van der Waals surface area contributed by atoms with Gasteiger partial charge in [-0.1, -0.05) is 12.8 Å². The molecule has 0 aromatic carbocycles. The number of hydrogen-bond donors (Lipinski definition) is 1. The molecule has 0 amide bonds. The molecule has 1 saturated carbocycles. The Hall–Kier alpha value is -1.42. The van der Waals surface area contributed by atoms with Gasteiger partial charge in [0.1, 0.15) is 5.69 Å². The zero-order valence-electron chi connectivity index (χ0n) is 10.8. The summed E-state index contributed by atoms with van der Waals surface area (Å²) in [5.74, 6) is -0.147. The van der Waals surface area contributed by atoms with Crippen LogP contribution in [0.4, 0.5) is 0 Å². The van der Waals surface area contributed by atoms with E-state index < -0.39 is 5.97 Å². The average Bonchev–Trinajstić information content (AvgIpc) is 2.82. The average molecular weight is 248 g/mol. The number of rotatable bonds is 5. The van der Waals surface area contributed by atoms with Crippen LogP contribution in [0.3, 0.4) is 0 Å². The van der Waals surface area contributed by atoms with Crippen molar-refractivity contribution in [2.75, 3.05) is 13.6 Å². The molecule has 1 aliphatic rings. The highest BCUT2D eigenvalue weighted by molar-refractivity contribution is 5.85. The molecule has 1 fully saturated rings. The van der Waals surface area contributed by atoms with E-state index in [2.05, 4.69) is 16.9 Å². The molecule has 0 spiro atoms. The van der Waals surface area contributed by atoms with Crippen LogP contribution in [0.2, 0.25) is 0 Å². The maximum absolute atomic E-state index is 10.8. The molecule has 1 aromatic rings. The fourth-order valence-corrected chi connectivity index (χ4v) is 2.70. The zero-order chi connectivity index (χ0) is 13.0. The second kappa shape index (κ2) is 5.96. The first-order chi connectivity index (χ1) is 8.65. The second-order valence-electron chi connectivity index (χ2n) is 5.20. The Kier molecular flexibility index (Phi) is 4.31. The molecular formula is C14H20N2O2. The first-order valence-electron chi connectivity index (χ1n) is 6.52. The number of carbonyl (C=O) groups is 1. The van der Waals surface area contributed by atoms with Crippen molar-refractivity contribution in [3.05, 3.63) is 29.6 Å². The van der Waals surface area contributed by atoms with Crippen molar-refractivity contribution in [3.8, 4) is 0 Å². The molecule has 2 rings (SSSR count). The lowest BCUT2D eigenvalue weighted by Crippen LogP contribution is -2.24. The molecular weight excluding hydrogens is 228 g/mol. The molecule has 1 N–H and O–H groups in total. The van der Waals surface area contributed by atoms with Crippen molar-refractivity contribution in [2.24, 2.45) is 5.92 Å². The van der Waals surface area contributed by atoms with Crippen LogP contribution in [0.15, 0.2) is 18.3 Å². The van der Waals surface area contributed by atoms with Crippen LogP contribution < -0.4 is 0 Å². The number of carboxylic acids is 1. The lowest BCUT2D eigenvalue weighted by molar-refractivity contribution is 0.0690. The van der Waals surface area contributed by atoms with Crippen molar-refractivity contribution < 1.29 is 9.90 Å². The minimum Gasteiger partial charge on any atom is -0.477 e. The van der Waals surface area contributed by atoms with Crippen LogP contribution in [0, 0.1) is 5.92 Å². The Morgan fingerprint density at radius 1 is 1.50 bits per heavy atom. The van der Waals surface area contributed by atoms with E-state index >= 15 is 0 Å². The summed E-state index contributed by atoms with van der Waals surface area (Å²) in [6, 6.07) is 3.55. The van der Waals surface area contributed by atoms with Crippen molar-refractivity contribution >= 4 is 5.97 Å². The molecule has 1 aliphatic carbocycles. The molecule has 0 unspecified atom stereocenters. The van der Waals surface area contributed by atoms with Crippen molar-refractivity contribution in [1.29, 1.82) is 0 Å². The molecule has 4 heteroatoms. The predicted molar refractivity (Wildman–Crippen MR) is 69.5 cm³/mol. The smallest absolute Gasteiger partial charge is 0.354 e. The van der Waals surface area contributed by atoms with Gasteiger partial charge in [0.25, 0.3) is 0 Å². The number of aromatic nitrogens is 1. The standard InChI is InChI=1S/C14H20N2O2/c1-16(9-11-4-2-3-5-11)10-12-6-7-15-13(8-12)14(17)18/h6-8,11H,2-5,9-10H2,1H3,(H,17,18). The molecule has 0 radical (unpaired) electrons. The quantitative estimate of drug-likeness (QED) is 0.869. The van der Waals surface area contributed by atoms with Crippen LogP contribution in [0.5, 0.6) is 0 Å². The van der Waals surface area contributed by atoms with Crippen molar-refractivity contribution in [2.45, 2.75) is 32.2 Å². The minimum atomic E-state index is -0.963. The lowest BCUT2D eigenvalue weighted by atomic mass is 10.1. The van der Waals surface area contributed by atoms with Gasteiger partial charge in [-0.05, 0) is 43.5 Å². The monoisotopic (exact) mass is 248 g/mol. The van der Waals surface area contributed by atoms with Crippen LogP contribution in [-0.2, 0) is 6.54 Å². The fraction of sp³-hybridized carbons (Fsp3) is 0.571. The number of carboxylic acid groups (broad SMARTS) is 1. The van der Waals surface area contributed by atoms with Gasteiger partial charge in [-0.3, -0.25) is 0 Å². The van der Waals surface area contributed by atoms with Gasteiger partial charge in [0.2, 0.25) is 0 Å². The normalized spacial score (nSPS) is 16.3. The van der Waals surface area contributed by atoms with Crippen LogP contribution in [0.25, 0.3) is 0 Å². The van der Waals surface area contributed by atoms with Crippen LogP contribution in [-0.4, -0.2) is 34.6 Å². The van der Waals surface area contributed by atoms with Gasteiger partial charge in [0.05, 0.1) is 0 Å². The largest absolute Gasteiger partial charge is 0.477 e. The number of nitrogens with zero attached hydrogens (tertiary/aromatic N) is 2. The topological polar surface area (TPSA) is 53.4 Å². The molecule has 1 aromatic heterocycles. The van der Waals surface area contributed by atoms with E-state index in [1.165, 1.54) is 25.7 Å². The predicted octanol–water partition coefficient (Wildman–Crippen LogP) is 2.40. The van der Waals surface area contributed by atoms with Crippen LogP contribution in [0.1, 0.15) is 41.7 Å². The van der Waals surface area contributed by atoms with Crippen LogP contribution >= 0.6 is 0 Å². The zero-order valence-corrected chi connectivity index (χ0v) is 10.8. The van der Waals surface area contributed by atoms with Gasteiger partial charge in [-0.15, -0.1) is 0 Å². The molecule has 18 heavy (non-hydrogen) atoms. The van der Waals surface area contributed by atoms with E-state index in [0.717, 1.165) is 24.6 Å². The Morgan fingerprint density at radius 3 is 2.89 bits per heavy atom. The fourth-order valence-electron chi connectivity index (χ4n) is 2.70. The van der Waals surface area contributed by atoms with E-state index in [-0.39, 0.29) is 5.69 Å². The number of pyridine rings is 1. The Morgan fingerprint density at radius 2 is 2.22 bits per heavy atom. The molecule has 0 bridgehead atoms. The van der Waals surface area contributed by atoms with E-state index in [4.69, 9.17) is 5.11 Å². The highest BCUT2D eigenvalue weighted by Gasteiger charge is 2.17. The summed E-state index contributed by atoms with van der Waals surface area (Å²) in [5.41, 5.74) is 1.14. The van der Waals surface area contributed by atoms with E-state index in [1.807, 2.05) is 6.07 Å². The summed E-state index contributed by atoms with van der Waals surface area (Å²) in [6.45, 7) is 1.89. The summed E-state index contributed by atoms with van der Waals surface area (Å²) >= 11 is 0. The molecule has 0 atom stereocenters. The molecule has 4 nitrogen and oxygen atoms in total. The molecule has 0 aliphatic heterocycles. The minimum absolute atomic E-state index is 0.127. The number of aromatic carboxylic acids is 1. The van der Waals surface area contributed by atoms with Gasteiger partial charge in [-0.25, -0.2) is 9.78 Å². The van der Waals surface area contributed by atoms with E-state index in [0.29, 0.717) is 0 Å². The van der Waals surface area contributed by atoms with Gasteiger partial charge in [0, 0.05) is 19.3 Å². The molecule has 0 saturated heterocycles. The first kappa shape index (κ1) is 13.0. The summed E-state index contributed by atoms with van der Waals surface area (Å²) in [6.07, 6.45) is 6.96. The van der Waals surface area contributed by atoms with Gasteiger partial charge in [0.15, 0.2) is 0 Å². The Balaban J connectivity index is 1.91. The summed E-state index contributed by atoms with van der Waals surface area (Å²) < 4.78 is 0. The highest BCUT2D eigenvalue weighted by atomic mass is 16.4. The van der Waals surface area contributed by atoms with Gasteiger partial charge < -0.3 is 10.0 Å². The third kappa shape index (κ3) is 3.53. The van der Waals surface area contributed by atoms with Gasteiger partial charge in [-0.2, -0.15) is 0 Å². The van der Waals surface area contributed by atoms with Gasteiger partial charge >= 0.3 is 5.97 Å². The highest BCUT2D eigenvalue weighted by Crippen LogP contribution is 2.25. The lowest BCUT2D eigenvalue weighted by Gasteiger charge is -2.20. The summed E-state index contributed by atoms with van der Waals surface area (Å²) in [5, 5.41) is 8.90. The molecule has 98 valence electrons. The summed E-state index contributed by atoms with van der Waals surface area (Å²) in [7, 11) is 2.10. The van der Waals surface area contributed by atoms with E-state index in [1.54, 1.807) is 12.3 Å². The number of hydrogen-bond acceptors (Lipinski definition) is 3. The van der Waals surface area contributed by atoms with E-state index in [9.17, 15) is 4.79 Å². The second-order valence-corrected chi connectivity index (χ2v) is 5.20. The summed E-state index contributed by atoms with van der Waals surface area (Å²) in [4.78, 5) is 16.9. The van der Waals surface area contributed by atoms with Crippen molar-refractivity contribution in [1.82, 2.24) is 9.88 Å². The third-order valence-electron chi connectivity index (χ3n) is 3.54. The maximum atomic E-state index is 10.8. The first-order valence-corrected chi connectivity index (χ1v) is 6.52. The maximum Gasteiger partial charge on any atom is 0.354 e. The Bertz CT molecular complexity index is 414. The van der Waals surface area contributed by atoms with Crippen molar-refractivity contribution in [3.63, 3.8) is 0 Å².